The zero-order valence-corrected chi connectivity index (χ0v) is 15.5. The van der Waals surface area contributed by atoms with Crippen LogP contribution in [-0.2, 0) is 4.74 Å². The fourth-order valence-electron chi connectivity index (χ4n) is 2.32. The minimum Gasteiger partial charge on any atom is -0.391 e. The molecule has 3 aromatic rings. The van der Waals surface area contributed by atoms with Gasteiger partial charge in [0.2, 0.25) is 5.95 Å². The van der Waals surface area contributed by atoms with E-state index < -0.39 is 0 Å². The van der Waals surface area contributed by atoms with Crippen molar-refractivity contribution in [3.63, 3.8) is 0 Å². The molecule has 0 aliphatic carbocycles. The molecule has 0 bridgehead atoms. The molecule has 0 spiro atoms. The van der Waals surface area contributed by atoms with Crippen molar-refractivity contribution in [2.24, 2.45) is 0 Å². The highest BCUT2D eigenvalue weighted by atomic mass is 35.5. The highest BCUT2D eigenvalue weighted by Gasteiger charge is 2.12. The summed E-state index contributed by atoms with van der Waals surface area (Å²) in [4.78, 5) is 12.9. The van der Waals surface area contributed by atoms with Crippen molar-refractivity contribution in [3.05, 3.63) is 34.7 Å². The summed E-state index contributed by atoms with van der Waals surface area (Å²) < 4.78 is 5.96. The van der Waals surface area contributed by atoms with E-state index in [2.05, 4.69) is 15.0 Å². The molecule has 1 fully saturated rings. The Bertz CT molecular complexity index is 868. The summed E-state index contributed by atoms with van der Waals surface area (Å²) in [5.41, 5.74) is 6.19. The van der Waals surface area contributed by atoms with Crippen LogP contribution in [0.2, 0.25) is 10.2 Å². The molecule has 0 amide bonds. The molecule has 0 aromatic carbocycles. The predicted octanol–water partition coefficient (Wildman–Crippen LogP) is 3.80. The second kappa shape index (κ2) is 8.25. The summed E-state index contributed by atoms with van der Waals surface area (Å²) in [6.45, 7) is 1.37. The van der Waals surface area contributed by atoms with Gasteiger partial charge in [-0.3, -0.25) is 0 Å². The summed E-state index contributed by atoms with van der Waals surface area (Å²) >= 11 is 13.6. The summed E-state index contributed by atoms with van der Waals surface area (Å²) in [5.74, 6) is 0.191. The van der Waals surface area contributed by atoms with Gasteiger partial charge in [-0.1, -0.05) is 23.2 Å². The first kappa shape index (κ1) is 18.3. The van der Waals surface area contributed by atoms with E-state index in [4.69, 9.17) is 38.8 Å². The summed E-state index contributed by atoms with van der Waals surface area (Å²) in [7, 11) is 0. The standard InChI is InChI=1S/C11H6Cl2N4S.C5H10O2/c12-6-4-16-11(14)17-9(6)8-3-5-7(18-8)1-2-15-10(5)13;6-5-2-1-3-7-4-5/h1-4H,(H2,14,16,17);5-6H,1-4H2. The van der Waals surface area contributed by atoms with Gasteiger partial charge >= 0.3 is 0 Å². The molecule has 0 radical (unpaired) electrons. The molecule has 6 nitrogen and oxygen atoms in total. The zero-order chi connectivity index (χ0) is 17.8. The van der Waals surface area contributed by atoms with E-state index in [9.17, 15) is 0 Å². The fourth-order valence-corrected chi connectivity index (χ4v) is 3.90. The molecule has 3 aromatic heterocycles. The number of nitrogen functional groups attached to an aromatic ring is 1. The highest BCUT2D eigenvalue weighted by Crippen LogP contribution is 2.37. The van der Waals surface area contributed by atoms with Crippen LogP contribution >= 0.6 is 34.5 Å². The molecule has 3 N–H and O–H groups in total. The van der Waals surface area contributed by atoms with E-state index in [0.29, 0.717) is 22.5 Å². The van der Waals surface area contributed by atoms with Crippen LogP contribution in [0.4, 0.5) is 5.95 Å². The van der Waals surface area contributed by atoms with Gasteiger partial charge in [-0.25, -0.2) is 15.0 Å². The minimum absolute atomic E-state index is 0.186. The third kappa shape index (κ3) is 4.56. The first-order valence-corrected chi connectivity index (χ1v) is 9.20. The van der Waals surface area contributed by atoms with Crippen molar-refractivity contribution < 1.29 is 9.84 Å². The summed E-state index contributed by atoms with van der Waals surface area (Å²) in [5, 5.41) is 10.6. The Hall–Kier alpha value is -1.51. The van der Waals surface area contributed by atoms with Gasteiger partial charge in [-0.05, 0) is 25.0 Å². The lowest BCUT2D eigenvalue weighted by Crippen LogP contribution is -2.21. The summed E-state index contributed by atoms with van der Waals surface area (Å²) in [6, 6.07) is 3.80. The van der Waals surface area contributed by atoms with Crippen molar-refractivity contribution in [2.45, 2.75) is 18.9 Å². The Balaban J connectivity index is 0.000000219. The predicted molar refractivity (Wildman–Crippen MR) is 101 cm³/mol. The maximum absolute atomic E-state index is 8.78. The van der Waals surface area contributed by atoms with Gasteiger partial charge in [0.25, 0.3) is 0 Å². The third-order valence-corrected chi connectivity index (χ3v) is 5.21. The first-order chi connectivity index (χ1) is 12.0. The summed E-state index contributed by atoms with van der Waals surface area (Å²) in [6.07, 6.45) is 4.90. The number of hydrogen-bond acceptors (Lipinski definition) is 7. The van der Waals surface area contributed by atoms with E-state index in [-0.39, 0.29) is 12.1 Å². The van der Waals surface area contributed by atoms with Gasteiger partial charge < -0.3 is 15.6 Å². The molecule has 1 saturated heterocycles. The SMILES string of the molecule is Nc1ncc(Cl)c(-c2cc3c(Cl)nccc3s2)n1.OC1CCCOC1. The number of aliphatic hydroxyl groups is 1. The first-order valence-electron chi connectivity index (χ1n) is 7.63. The van der Waals surface area contributed by atoms with Gasteiger partial charge in [0, 0.05) is 22.9 Å². The smallest absolute Gasteiger partial charge is 0.220 e. The van der Waals surface area contributed by atoms with E-state index in [1.807, 2.05) is 12.1 Å². The van der Waals surface area contributed by atoms with Gasteiger partial charge in [-0.2, -0.15) is 0 Å². The average Bonchev–Trinajstić information content (AvgIpc) is 3.04. The minimum atomic E-state index is -0.186. The molecular weight excluding hydrogens is 383 g/mol. The zero-order valence-electron chi connectivity index (χ0n) is 13.2. The number of aliphatic hydroxyl groups excluding tert-OH is 1. The topological polar surface area (TPSA) is 94.2 Å². The molecule has 1 unspecified atom stereocenters. The number of aromatic nitrogens is 3. The van der Waals surface area contributed by atoms with Crippen LogP contribution in [0.1, 0.15) is 12.8 Å². The van der Waals surface area contributed by atoms with Crippen molar-refractivity contribution in [2.75, 3.05) is 18.9 Å². The number of ether oxygens (including phenoxy) is 1. The van der Waals surface area contributed by atoms with Crippen molar-refractivity contribution >= 4 is 50.6 Å². The second-order valence-electron chi connectivity index (χ2n) is 5.42. The maximum Gasteiger partial charge on any atom is 0.220 e. The number of anilines is 1. The number of nitrogens with two attached hydrogens (primary N) is 1. The molecule has 4 rings (SSSR count). The molecule has 0 saturated carbocycles. The monoisotopic (exact) mass is 398 g/mol. The Morgan fingerprint density at radius 1 is 1.32 bits per heavy atom. The molecule has 1 aliphatic heterocycles. The molecule has 4 heterocycles. The molecule has 1 aliphatic rings. The Morgan fingerprint density at radius 3 is 2.80 bits per heavy atom. The van der Waals surface area contributed by atoms with Crippen LogP contribution < -0.4 is 5.73 Å². The number of fused-ring (bicyclic) bond motifs is 1. The number of pyridine rings is 1. The normalized spacial score (nSPS) is 17.2. The van der Waals surface area contributed by atoms with Crippen molar-refractivity contribution in [3.8, 4) is 10.6 Å². The lowest BCUT2D eigenvalue weighted by atomic mass is 10.2. The highest BCUT2D eigenvalue weighted by molar-refractivity contribution is 7.22. The number of nitrogens with zero attached hydrogens (tertiary/aromatic N) is 3. The van der Waals surface area contributed by atoms with Crippen LogP contribution in [0.15, 0.2) is 24.5 Å². The number of thiophene rings is 1. The quantitative estimate of drug-likeness (QED) is 0.605. The molecule has 25 heavy (non-hydrogen) atoms. The largest absolute Gasteiger partial charge is 0.391 e. The number of halogens is 2. The lowest BCUT2D eigenvalue weighted by Gasteiger charge is -2.15. The van der Waals surface area contributed by atoms with Crippen molar-refractivity contribution in [1.82, 2.24) is 15.0 Å². The van der Waals surface area contributed by atoms with E-state index in [1.54, 1.807) is 6.20 Å². The van der Waals surface area contributed by atoms with Crippen LogP contribution in [0, 0.1) is 0 Å². The van der Waals surface area contributed by atoms with Gasteiger partial charge in [0.1, 0.15) is 10.8 Å². The Labute approximate surface area is 158 Å². The third-order valence-electron chi connectivity index (χ3n) is 3.53. The van der Waals surface area contributed by atoms with Crippen LogP contribution in [-0.4, -0.2) is 39.4 Å². The maximum atomic E-state index is 8.78. The van der Waals surface area contributed by atoms with Crippen LogP contribution in [0.3, 0.4) is 0 Å². The average molecular weight is 399 g/mol. The van der Waals surface area contributed by atoms with Crippen LogP contribution in [0.5, 0.6) is 0 Å². The molecule has 1 atom stereocenters. The molecule has 132 valence electrons. The number of hydrogen-bond donors (Lipinski definition) is 2. The van der Waals surface area contributed by atoms with Gasteiger partial charge in [0.05, 0.1) is 28.8 Å². The van der Waals surface area contributed by atoms with E-state index >= 15 is 0 Å². The Kier molecular flexibility index (Phi) is 6.03. The lowest BCUT2D eigenvalue weighted by molar-refractivity contribution is -0.00535. The molecular formula is C16H16Cl2N4O2S. The van der Waals surface area contributed by atoms with E-state index in [0.717, 1.165) is 34.4 Å². The number of rotatable bonds is 1. The molecule has 9 heteroatoms. The van der Waals surface area contributed by atoms with Crippen LogP contribution in [0.25, 0.3) is 20.7 Å². The van der Waals surface area contributed by atoms with Gasteiger partial charge in [0.15, 0.2) is 0 Å². The Morgan fingerprint density at radius 2 is 2.16 bits per heavy atom. The van der Waals surface area contributed by atoms with Crippen molar-refractivity contribution in [1.29, 1.82) is 0 Å². The van der Waals surface area contributed by atoms with Gasteiger partial charge in [-0.15, -0.1) is 11.3 Å². The fraction of sp³-hybridized carbons (Fsp3) is 0.312. The van der Waals surface area contributed by atoms with E-state index in [1.165, 1.54) is 17.5 Å². The second-order valence-corrected chi connectivity index (χ2v) is 7.27.